The Morgan fingerprint density at radius 3 is 2.33 bits per heavy atom. The van der Waals surface area contributed by atoms with Gasteiger partial charge in [-0.1, -0.05) is 75.4 Å². The summed E-state index contributed by atoms with van der Waals surface area (Å²) in [5.41, 5.74) is 3.75. The van der Waals surface area contributed by atoms with Crippen molar-refractivity contribution >= 4 is 5.76 Å². The molecule has 2 aromatic rings. The third-order valence-electron chi connectivity index (χ3n) is 4.19. The standard InChI is InChI=1S/C20H24O/c1-5-15(2)20(17-10-7-6-8-11-17)19-13-9-12-18(14-19)16(3)21-4/h6-15,20H,3,5H2,1-2,4H3. The summed E-state index contributed by atoms with van der Waals surface area (Å²) in [6, 6.07) is 19.3. The summed E-state index contributed by atoms with van der Waals surface area (Å²) in [4.78, 5) is 0. The van der Waals surface area contributed by atoms with E-state index in [1.165, 1.54) is 11.1 Å². The lowest BCUT2D eigenvalue weighted by atomic mass is 9.80. The van der Waals surface area contributed by atoms with E-state index in [-0.39, 0.29) is 0 Å². The maximum Gasteiger partial charge on any atom is 0.118 e. The summed E-state index contributed by atoms with van der Waals surface area (Å²) in [5.74, 6) is 1.70. The monoisotopic (exact) mass is 280 g/mol. The van der Waals surface area contributed by atoms with Crippen LogP contribution in [0.4, 0.5) is 0 Å². The minimum Gasteiger partial charge on any atom is -0.497 e. The van der Waals surface area contributed by atoms with Crippen LogP contribution < -0.4 is 0 Å². The zero-order valence-corrected chi connectivity index (χ0v) is 13.2. The zero-order chi connectivity index (χ0) is 15.2. The Labute approximate surface area is 128 Å². The molecule has 0 fully saturated rings. The van der Waals surface area contributed by atoms with Crippen molar-refractivity contribution < 1.29 is 4.74 Å². The molecule has 0 N–H and O–H groups in total. The normalized spacial score (nSPS) is 13.5. The highest BCUT2D eigenvalue weighted by Crippen LogP contribution is 2.34. The van der Waals surface area contributed by atoms with E-state index in [0.29, 0.717) is 17.6 Å². The summed E-state index contributed by atoms with van der Waals surface area (Å²) < 4.78 is 5.27. The molecular weight excluding hydrogens is 256 g/mol. The number of hydrogen-bond donors (Lipinski definition) is 0. The average Bonchev–Trinajstić information content (AvgIpc) is 2.55. The van der Waals surface area contributed by atoms with Crippen molar-refractivity contribution in [1.29, 1.82) is 0 Å². The second-order valence-electron chi connectivity index (χ2n) is 5.53. The Balaban J connectivity index is 2.45. The van der Waals surface area contributed by atoms with Crippen molar-refractivity contribution in [2.75, 3.05) is 7.11 Å². The molecule has 2 rings (SSSR count). The molecule has 0 bridgehead atoms. The smallest absolute Gasteiger partial charge is 0.118 e. The Bertz CT molecular complexity index is 586. The van der Waals surface area contributed by atoms with Gasteiger partial charge in [-0.05, 0) is 23.1 Å². The SMILES string of the molecule is C=C(OC)c1cccc(C(c2ccccc2)C(C)CC)c1. The summed E-state index contributed by atoms with van der Waals surface area (Å²) in [5, 5.41) is 0. The van der Waals surface area contributed by atoms with Gasteiger partial charge >= 0.3 is 0 Å². The maximum absolute atomic E-state index is 5.27. The fourth-order valence-corrected chi connectivity index (χ4v) is 2.77. The maximum atomic E-state index is 5.27. The topological polar surface area (TPSA) is 9.23 Å². The van der Waals surface area contributed by atoms with Crippen LogP contribution in [0.3, 0.4) is 0 Å². The summed E-state index contributed by atoms with van der Waals surface area (Å²) in [6.07, 6.45) is 1.15. The lowest BCUT2D eigenvalue weighted by molar-refractivity contribution is 0.371. The van der Waals surface area contributed by atoms with Crippen molar-refractivity contribution in [2.45, 2.75) is 26.2 Å². The van der Waals surface area contributed by atoms with Gasteiger partial charge in [0.1, 0.15) is 5.76 Å². The Hall–Kier alpha value is -2.02. The molecule has 0 saturated carbocycles. The molecule has 0 heterocycles. The fourth-order valence-electron chi connectivity index (χ4n) is 2.77. The van der Waals surface area contributed by atoms with Gasteiger partial charge in [-0.2, -0.15) is 0 Å². The van der Waals surface area contributed by atoms with E-state index in [1.807, 2.05) is 6.07 Å². The van der Waals surface area contributed by atoms with Gasteiger partial charge in [0.25, 0.3) is 0 Å². The second-order valence-corrected chi connectivity index (χ2v) is 5.53. The number of methoxy groups -OCH3 is 1. The number of ether oxygens (including phenoxy) is 1. The van der Waals surface area contributed by atoms with Crippen LogP contribution in [-0.4, -0.2) is 7.11 Å². The van der Waals surface area contributed by atoms with Crippen LogP contribution >= 0.6 is 0 Å². The summed E-state index contributed by atoms with van der Waals surface area (Å²) in [7, 11) is 1.67. The van der Waals surface area contributed by atoms with Crippen molar-refractivity contribution in [3.8, 4) is 0 Å². The quantitative estimate of drug-likeness (QED) is 0.636. The Morgan fingerprint density at radius 2 is 1.71 bits per heavy atom. The van der Waals surface area contributed by atoms with E-state index in [9.17, 15) is 0 Å². The minimum absolute atomic E-state index is 0.404. The highest BCUT2D eigenvalue weighted by Gasteiger charge is 2.20. The Morgan fingerprint density at radius 1 is 1.05 bits per heavy atom. The lowest BCUT2D eigenvalue weighted by Crippen LogP contribution is -2.11. The number of benzene rings is 2. The van der Waals surface area contributed by atoms with Crippen LogP contribution in [0.1, 0.15) is 42.9 Å². The third kappa shape index (κ3) is 3.55. The molecule has 0 aliphatic heterocycles. The minimum atomic E-state index is 0.404. The van der Waals surface area contributed by atoms with Crippen molar-refractivity contribution in [3.05, 3.63) is 77.9 Å². The first-order valence-corrected chi connectivity index (χ1v) is 7.55. The molecular formula is C20H24O. The van der Waals surface area contributed by atoms with Gasteiger partial charge in [0, 0.05) is 11.5 Å². The van der Waals surface area contributed by atoms with E-state index in [4.69, 9.17) is 4.74 Å². The summed E-state index contributed by atoms with van der Waals surface area (Å²) in [6.45, 7) is 8.52. The first-order valence-electron chi connectivity index (χ1n) is 7.55. The van der Waals surface area contributed by atoms with Gasteiger partial charge in [0.05, 0.1) is 7.11 Å². The molecule has 110 valence electrons. The van der Waals surface area contributed by atoms with E-state index in [1.54, 1.807) is 7.11 Å². The lowest BCUT2D eigenvalue weighted by Gasteiger charge is -2.24. The summed E-state index contributed by atoms with van der Waals surface area (Å²) >= 11 is 0. The molecule has 0 radical (unpaired) electrons. The van der Waals surface area contributed by atoms with Crippen LogP contribution in [0.15, 0.2) is 61.2 Å². The van der Waals surface area contributed by atoms with Crippen molar-refractivity contribution in [1.82, 2.24) is 0 Å². The predicted octanol–water partition coefficient (Wildman–Crippen LogP) is 5.48. The van der Waals surface area contributed by atoms with E-state index in [2.05, 4.69) is 69.0 Å². The van der Waals surface area contributed by atoms with Crippen LogP contribution in [0.5, 0.6) is 0 Å². The van der Waals surface area contributed by atoms with E-state index >= 15 is 0 Å². The molecule has 0 saturated heterocycles. The molecule has 1 heteroatoms. The number of hydrogen-bond acceptors (Lipinski definition) is 1. The van der Waals surface area contributed by atoms with Gasteiger partial charge < -0.3 is 4.74 Å². The van der Waals surface area contributed by atoms with Crippen LogP contribution in [0, 0.1) is 5.92 Å². The first-order chi connectivity index (χ1) is 10.2. The molecule has 2 unspecified atom stereocenters. The number of rotatable bonds is 6. The van der Waals surface area contributed by atoms with Crippen LogP contribution in [-0.2, 0) is 4.74 Å². The average molecular weight is 280 g/mol. The molecule has 21 heavy (non-hydrogen) atoms. The fraction of sp³-hybridized carbons (Fsp3) is 0.300. The molecule has 0 spiro atoms. The van der Waals surface area contributed by atoms with E-state index < -0.39 is 0 Å². The molecule has 0 amide bonds. The van der Waals surface area contributed by atoms with Crippen LogP contribution in [0.2, 0.25) is 0 Å². The van der Waals surface area contributed by atoms with Gasteiger partial charge in [-0.25, -0.2) is 0 Å². The molecule has 0 aliphatic carbocycles. The van der Waals surface area contributed by atoms with Crippen molar-refractivity contribution in [2.24, 2.45) is 5.92 Å². The molecule has 0 aromatic heterocycles. The highest BCUT2D eigenvalue weighted by molar-refractivity contribution is 5.58. The molecule has 1 nitrogen and oxygen atoms in total. The molecule has 2 atom stereocenters. The molecule has 0 aliphatic rings. The van der Waals surface area contributed by atoms with Gasteiger partial charge in [0.2, 0.25) is 0 Å². The largest absolute Gasteiger partial charge is 0.497 e. The zero-order valence-electron chi connectivity index (χ0n) is 13.2. The van der Waals surface area contributed by atoms with Gasteiger partial charge in [-0.3, -0.25) is 0 Å². The van der Waals surface area contributed by atoms with E-state index in [0.717, 1.165) is 12.0 Å². The molecule has 2 aromatic carbocycles. The van der Waals surface area contributed by atoms with Crippen LogP contribution in [0.25, 0.3) is 5.76 Å². The highest BCUT2D eigenvalue weighted by atomic mass is 16.5. The second kappa shape index (κ2) is 7.12. The Kier molecular flexibility index (Phi) is 5.21. The third-order valence-corrected chi connectivity index (χ3v) is 4.19. The van der Waals surface area contributed by atoms with Gasteiger partial charge in [-0.15, -0.1) is 0 Å². The predicted molar refractivity (Wildman–Crippen MR) is 90.2 cm³/mol. The van der Waals surface area contributed by atoms with Gasteiger partial charge in [0.15, 0.2) is 0 Å². The van der Waals surface area contributed by atoms with Crippen molar-refractivity contribution in [3.63, 3.8) is 0 Å². The first kappa shape index (κ1) is 15.4.